The standard InChI is InChI=1S/C13H10N2O2S.C9H8O4/c16-18(17,12-6-2-1-3-7-12)15-10-8-11-5-4-9-14-13(11)15;1-5-2-3-6(8(10)11)4-7(5)9(12)13/h1-10H;2-4H,1H3,(H,10,11)(H,12,13). The number of benzene rings is 2. The number of nitrogens with zero attached hydrogens (tertiary/aromatic N) is 2. The zero-order valence-electron chi connectivity index (χ0n) is 16.3. The number of hydrogen-bond donors (Lipinski definition) is 2. The van der Waals surface area contributed by atoms with E-state index >= 15 is 0 Å². The Bertz CT molecular complexity index is 1360. The van der Waals surface area contributed by atoms with Gasteiger partial charge in [0.1, 0.15) is 0 Å². The van der Waals surface area contributed by atoms with Crippen LogP contribution in [0.3, 0.4) is 0 Å². The van der Waals surface area contributed by atoms with Gasteiger partial charge < -0.3 is 10.2 Å². The summed E-state index contributed by atoms with van der Waals surface area (Å²) < 4.78 is 26.1. The lowest BCUT2D eigenvalue weighted by Gasteiger charge is -2.06. The van der Waals surface area contributed by atoms with Gasteiger partial charge in [0.2, 0.25) is 0 Å². The number of rotatable bonds is 4. The predicted octanol–water partition coefficient (Wildman–Crippen LogP) is 3.66. The van der Waals surface area contributed by atoms with E-state index in [9.17, 15) is 18.0 Å². The Labute approximate surface area is 178 Å². The van der Waals surface area contributed by atoms with Crippen molar-refractivity contribution in [3.63, 3.8) is 0 Å². The number of carboxylic acids is 2. The number of hydrogen-bond acceptors (Lipinski definition) is 5. The van der Waals surface area contributed by atoms with Gasteiger partial charge in [-0.1, -0.05) is 24.3 Å². The summed E-state index contributed by atoms with van der Waals surface area (Å²) in [5, 5.41) is 18.1. The molecule has 0 aliphatic heterocycles. The highest BCUT2D eigenvalue weighted by Crippen LogP contribution is 2.20. The lowest BCUT2D eigenvalue weighted by Crippen LogP contribution is -2.12. The van der Waals surface area contributed by atoms with Gasteiger partial charge in [-0.2, -0.15) is 0 Å². The van der Waals surface area contributed by atoms with Crippen molar-refractivity contribution in [3.8, 4) is 0 Å². The molecule has 4 rings (SSSR count). The molecule has 8 nitrogen and oxygen atoms in total. The molecule has 9 heteroatoms. The zero-order valence-corrected chi connectivity index (χ0v) is 17.2. The van der Waals surface area contributed by atoms with Crippen LogP contribution in [0.1, 0.15) is 26.3 Å². The van der Waals surface area contributed by atoms with E-state index in [1.54, 1.807) is 55.6 Å². The maximum atomic E-state index is 12.4. The van der Waals surface area contributed by atoms with Gasteiger partial charge in [-0.05, 0) is 55.0 Å². The van der Waals surface area contributed by atoms with E-state index in [0.717, 1.165) is 11.5 Å². The fourth-order valence-electron chi connectivity index (χ4n) is 2.83. The van der Waals surface area contributed by atoms with Crippen molar-refractivity contribution in [1.82, 2.24) is 8.96 Å². The number of carboxylic acid groups (broad SMARTS) is 2. The number of pyridine rings is 1. The second-order valence-electron chi connectivity index (χ2n) is 6.49. The summed E-state index contributed by atoms with van der Waals surface area (Å²) in [6.45, 7) is 1.62. The van der Waals surface area contributed by atoms with Crippen molar-refractivity contribution in [2.75, 3.05) is 0 Å². The third kappa shape index (κ3) is 4.62. The van der Waals surface area contributed by atoms with Crippen molar-refractivity contribution in [2.24, 2.45) is 0 Å². The second-order valence-corrected chi connectivity index (χ2v) is 8.30. The maximum absolute atomic E-state index is 12.4. The van der Waals surface area contributed by atoms with Crippen molar-refractivity contribution in [2.45, 2.75) is 11.8 Å². The Balaban J connectivity index is 0.000000187. The number of aryl methyl sites for hydroxylation is 1. The molecule has 2 aromatic heterocycles. The summed E-state index contributed by atoms with van der Waals surface area (Å²) in [5.74, 6) is -2.23. The summed E-state index contributed by atoms with van der Waals surface area (Å²) >= 11 is 0. The van der Waals surface area contributed by atoms with E-state index in [1.807, 2.05) is 6.07 Å². The van der Waals surface area contributed by atoms with Crippen LogP contribution < -0.4 is 0 Å². The van der Waals surface area contributed by atoms with Crippen LogP contribution >= 0.6 is 0 Å². The lowest BCUT2D eigenvalue weighted by molar-refractivity contribution is 0.0695. The molecule has 31 heavy (non-hydrogen) atoms. The van der Waals surface area contributed by atoms with Crippen LogP contribution in [0, 0.1) is 6.92 Å². The number of aromatic nitrogens is 2. The summed E-state index contributed by atoms with van der Waals surface area (Å²) in [6, 6.07) is 17.7. The summed E-state index contributed by atoms with van der Waals surface area (Å²) in [7, 11) is -3.57. The topological polar surface area (TPSA) is 127 Å². The molecule has 0 saturated carbocycles. The number of fused-ring (bicyclic) bond motifs is 1. The van der Waals surface area contributed by atoms with Gasteiger partial charge >= 0.3 is 11.9 Å². The van der Waals surface area contributed by atoms with Crippen molar-refractivity contribution < 1.29 is 28.2 Å². The van der Waals surface area contributed by atoms with Crippen molar-refractivity contribution in [1.29, 1.82) is 0 Å². The van der Waals surface area contributed by atoms with E-state index in [0.29, 0.717) is 11.2 Å². The normalized spacial score (nSPS) is 10.9. The minimum absolute atomic E-state index is 0.0111. The average Bonchev–Trinajstić information content (AvgIpc) is 3.20. The van der Waals surface area contributed by atoms with E-state index in [-0.39, 0.29) is 16.0 Å². The molecule has 0 radical (unpaired) electrons. The first-order chi connectivity index (χ1) is 14.7. The first-order valence-electron chi connectivity index (χ1n) is 9.02. The van der Waals surface area contributed by atoms with Gasteiger partial charge in [0, 0.05) is 17.8 Å². The van der Waals surface area contributed by atoms with Gasteiger partial charge in [0.25, 0.3) is 10.0 Å². The van der Waals surface area contributed by atoms with Crippen LogP contribution in [-0.2, 0) is 10.0 Å². The van der Waals surface area contributed by atoms with E-state index in [4.69, 9.17) is 10.2 Å². The van der Waals surface area contributed by atoms with Crippen LogP contribution in [0.15, 0.2) is 84.0 Å². The van der Waals surface area contributed by atoms with E-state index < -0.39 is 22.0 Å². The smallest absolute Gasteiger partial charge is 0.335 e. The molecule has 4 aromatic rings. The first kappa shape index (κ1) is 21.7. The third-order valence-electron chi connectivity index (χ3n) is 4.43. The third-order valence-corrected chi connectivity index (χ3v) is 6.11. The predicted molar refractivity (Wildman–Crippen MR) is 114 cm³/mol. The second kappa shape index (κ2) is 8.80. The Morgan fingerprint density at radius 3 is 2.26 bits per heavy atom. The van der Waals surface area contributed by atoms with Gasteiger partial charge in [0.05, 0.1) is 16.0 Å². The van der Waals surface area contributed by atoms with E-state index in [2.05, 4.69) is 4.98 Å². The van der Waals surface area contributed by atoms with E-state index in [1.165, 1.54) is 22.3 Å². The molecule has 0 saturated heterocycles. The van der Waals surface area contributed by atoms with Gasteiger partial charge in [-0.25, -0.2) is 27.0 Å². The highest BCUT2D eigenvalue weighted by atomic mass is 32.2. The van der Waals surface area contributed by atoms with Crippen LogP contribution in [0.5, 0.6) is 0 Å². The summed E-state index contributed by atoms with van der Waals surface area (Å²) in [4.78, 5) is 25.5. The zero-order chi connectivity index (χ0) is 22.6. The van der Waals surface area contributed by atoms with Crippen LogP contribution in [-0.4, -0.2) is 39.5 Å². The van der Waals surface area contributed by atoms with Crippen LogP contribution in [0.4, 0.5) is 0 Å². The first-order valence-corrected chi connectivity index (χ1v) is 10.5. The molecular weight excluding hydrogens is 420 g/mol. The number of carbonyl (C=O) groups is 2. The molecule has 0 amide bonds. The molecule has 2 N–H and O–H groups in total. The largest absolute Gasteiger partial charge is 0.478 e. The molecule has 0 unspecified atom stereocenters. The lowest BCUT2D eigenvalue weighted by atomic mass is 10.1. The minimum atomic E-state index is -3.57. The fourth-order valence-corrected chi connectivity index (χ4v) is 4.16. The number of aromatic carboxylic acids is 2. The summed E-state index contributed by atoms with van der Waals surface area (Å²) in [5.41, 5.74) is 1.02. The summed E-state index contributed by atoms with van der Waals surface area (Å²) in [6.07, 6.45) is 3.11. The fraction of sp³-hybridized carbons (Fsp3) is 0.0455. The molecule has 0 spiro atoms. The Hall–Kier alpha value is -3.98. The van der Waals surface area contributed by atoms with Crippen molar-refractivity contribution in [3.05, 3.63) is 95.8 Å². The molecule has 0 atom stereocenters. The minimum Gasteiger partial charge on any atom is -0.478 e. The van der Waals surface area contributed by atoms with Crippen molar-refractivity contribution >= 4 is 33.0 Å². The molecule has 0 aliphatic rings. The monoisotopic (exact) mass is 438 g/mol. The SMILES string of the molecule is Cc1ccc(C(=O)O)cc1C(=O)O.O=S(=O)(c1ccccc1)n1ccc2cccnc21. The maximum Gasteiger partial charge on any atom is 0.335 e. The Morgan fingerprint density at radius 2 is 1.61 bits per heavy atom. The van der Waals surface area contributed by atoms with Gasteiger partial charge in [-0.15, -0.1) is 0 Å². The molecule has 0 aliphatic carbocycles. The quantitative estimate of drug-likeness (QED) is 0.498. The Morgan fingerprint density at radius 1 is 0.903 bits per heavy atom. The highest BCUT2D eigenvalue weighted by molar-refractivity contribution is 7.90. The Kier molecular flexibility index (Phi) is 6.17. The van der Waals surface area contributed by atoms with Crippen LogP contribution in [0.2, 0.25) is 0 Å². The molecule has 2 aromatic carbocycles. The van der Waals surface area contributed by atoms with Crippen LogP contribution in [0.25, 0.3) is 11.0 Å². The molecule has 0 fully saturated rings. The molecule has 0 bridgehead atoms. The van der Waals surface area contributed by atoms with Gasteiger partial charge in [0.15, 0.2) is 5.65 Å². The molecule has 2 heterocycles. The van der Waals surface area contributed by atoms with Gasteiger partial charge in [-0.3, -0.25) is 0 Å². The highest BCUT2D eigenvalue weighted by Gasteiger charge is 2.18. The average molecular weight is 438 g/mol. The molecular formula is C22H18N2O6S. The molecule has 158 valence electrons.